The van der Waals surface area contributed by atoms with Crippen LogP contribution in [0.2, 0.25) is 0 Å². The van der Waals surface area contributed by atoms with Gasteiger partial charge in [-0.25, -0.2) is 0 Å². The zero-order valence-corrected chi connectivity index (χ0v) is 12.0. The van der Waals surface area contributed by atoms with Crippen molar-refractivity contribution in [3.63, 3.8) is 0 Å². The molecule has 0 bridgehead atoms. The Morgan fingerprint density at radius 3 is 2.12 bits per heavy atom. The summed E-state index contributed by atoms with van der Waals surface area (Å²) in [6.07, 6.45) is 5.65. The molecule has 0 radical (unpaired) electrons. The second-order valence-corrected chi connectivity index (χ2v) is 6.18. The van der Waals surface area contributed by atoms with Crippen molar-refractivity contribution in [3.05, 3.63) is 0 Å². The summed E-state index contributed by atoms with van der Waals surface area (Å²) in [7, 11) is 0. The lowest BCUT2D eigenvalue weighted by molar-refractivity contribution is 0.283. The van der Waals surface area contributed by atoms with Gasteiger partial charge in [0.2, 0.25) is 0 Å². The molecule has 17 heavy (non-hydrogen) atoms. The number of hydrogen-bond donors (Lipinski definition) is 2. The van der Waals surface area contributed by atoms with Crippen LogP contribution in [0.3, 0.4) is 0 Å². The van der Waals surface area contributed by atoms with Crippen molar-refractivity contribution in [2.24, 2.45) is 0 Å². The fraction of sp³-hybridized carbons (Fsp3) is 1.00. The van der Waals surface area contributed by atoms with Gasteiger partial charge < -0.3 is 15.5 Å². The lowest BCUT2D eigenvalue weighted by Gasteiger charge is -2.22. The molecule has 2 N–H and O–H groups in total. The van der Waals surface area contributed by atoms with E-state index >= 15 is 0 Å². The minimum absolute atomic E-state index is 0.243. The zero-order chi connectivity index (χ0) is 12.6. The van der Waals surface area contributed by atoms with Gasteiger partial charge in [0, 0.05) is 31.7 Å². The Morgan fingerprint density at radius 1 is 0.882 bits per heavy atom. The lowest BCUT2D eigenvalue weighted by atomic mass is 10.1. The second kappa shape index (κ2) is 8.06. The molecule has 0 aromatic rings. The van der Waals surface area contributed by atoms with Gasteiger partial charge in [-0.1, -0.05) is 12.8 Å². The standard InChI is InChI=1S/C14H31N3/c1-14(2,3)16-9-8-15-10-13-17-11-6-4-5-7-12-17/h15-16H,4-13H2,1-3H3. The van der Waals surface area contributed by atoms with Crippen LogP contribution in [0, 0.1) is 0 Å². The number of nitrogens with zero attached hydrogens (tertiary/aromatic N) is 1. The highest BCUT2D eigenvalue weighted by molar-refractivity contribution is 4.71. The molecule has 0 aromatic heterocycles. The topological polar surface area (TPSA) is 27.3 Å². The highest BCUT2D eigenvalue weighted by Crippen LogP contribution is 2.08. The minimum Gasteiger partial charge on any atom is -0.314 e. The molecule has 1 aliphatic rings. The summed E-state index contributed by atoms with van der Waals surface area (Å²) in [6, 6.07) is 0. The van der Waals surface area contributed by atoms with Gasteiger partial charge in [0.1, 0.15) is 0 Å². The van der Waals surface area contributed by atoms with Crippen molar-refractivity contribution < 1.29 is 0 Å². The molecule has 0 atom stereocenters. The third kappa shape index (κ3) is 8.58. The van der Waals surface area contributed by atoms with Crippen LogP contribution < -0.4 is 10.6 Å². The molecule has 0 spiro atoms. The fourth-order valence-corrected chi connectivity index (χ4v) is 2.25. The molecule has 3 heteroatoms. The molecule has 1 aliphatic heterocycles. The van der Waals surface area contributed by atoms with Gasteiger partial charge in [0.25, 0.3) is 0 Å². The van der Waals surface area contributed by atoms with E-state index in [0.29, 0.717) is 0 Å². The van der Waals surface area contributed by atoms with E-state index in [2.05, 4.69) is 36.3 Å². The number of hydrogen-bond acceptors (Lipinski definition) is 3. The third-order valence-electron chi connectivity index (χ3n) is 3.26. The van der Waals surface area contributed by atoms with Crippen molar-refractivity contribution in [2.75, 3.05) is 39.3 Å². The first-order chi connectivity index (χ1) is 8.08. The van der Waals surface area contributed by atoms with E-state index in [1.54, 1.807) is 0 Å². The lowest BCUT2D eigenvalue weighted by Crippen LogP contribution is -2.41. The molecule has 0 aliphatic carbocycles. The highest BCUT2D eigenvalue weighted by atomic mass is 15.1. The number of rotatable bonds is 6. The summed E-state index contributed by atoms with van der Waals surface area (Å²) >= 11 is 0. The first-order valence-electron chi connectivity index (χ1n) is 7.26. The smallest absolute Gasteiger partial charge is 0.0107 e. The summed E-state index contributed by atoms with van der Waals surface area (Å²) in [5.41, 5.74) is 0.243. The van der Waals surface area contributed by atoms with E-state index < -0.39 is 0 Å². The Balaban J connectivity index is 1.93. The monoisotopic (exact) mass is 241 g/mol. The van der Waals surface area contributed by atoms with Crippen molar-refractivity contribution in [1.82, 2.24) is 15.5 Å². The van der Waals surface area contributed by atoms with Crippen LogP contribution in [-0.4, -0.2) is 49.7 Å². The quantitative estimate of drug-likeness (QED) is 0.695. The van der Waals surface area contributed by atoms with Crippen molar-refractivity contribution in [2.45, 2.75) is 52.0 Å². The normalized spacial score (nSPS) is 19.2. The van der Waals surface area contributed by atoms with Gasteiger partial charge in [0.05, 0.1) is 0 Å². The first kappa shape index (κ1) is 14.9. The van der Waals surface area contributed by atoms with Crippen molar-refractivity contribution in [1.29, 1.82) is 0 Å². The van der Waals surface area contributed by atoms with Crippen LogP contribution >= 0.6 is 0 Å². The zero-order valence-electron chi connectivity index (χ0n) is 12.0. The summed E-state index contributed by atoms with van der Waals surface area (Å²) in [5.74, 6) is 0. The summed E-state index contributed by atoms with van der Waals surface area (Å²) in [5, 5.41) is 7.02. The summed E-state index contributed by atoms with van der Waals surface area (Å²) < 4.78 is 0. The second-order valence-electron chi connectivity index (χ2n) is 6.18. The Morgan fingerprint density at radius 2 is 1.53 bits per heavy atom. The molecule has 0 unspecified atom stereocenters. The van der Waals surface area contributed by atoms with Gasteiger partial charge in [-0.15, -0.1) is 0 Å². The van der Waals surface area contributed by atoms with E-state index in [0.717, 1.165) is 19.6 Å². The molecule has 3 nitrogen and oxygen atoms in total. The van der Waals surface area contributed by atoms with Crippen LogP contribution in [0.15, 0.2) is 0 Å². The average molecular weight is 241 g/mol. The largest absolute Gasteiger partial charge is 0.314 e. The number of likely N-dealkylation sites (tertiary alicyclic amines) is 1. The van der Waals surface area contributed by atoms with E-state index in [1.807, 2.05) is 0 Å². The van der Waals surface area contributed by atoms with Gasteiger partial charge in [-0.05, 0) is 46.7 Å². The minimum atomic E-state index is 0.243. The van der Waals surface area contributed by atoms with E-state index in [-0.39, 0.29) is 5.54 Å². The molecular weight excluding hydrogens is 210 g/mol. The van der Waals surface area contributed by atoms with Gasteiger partial charge in [-0.3, -0.25) is 0 Å². The van der Waals surface area contributed by atoms with E-state index in [4.69, 9.17) is 0 Å². The third-order valence-corrected chi connectivity index (χ3v) is 3.26. The van der Waals surface area contributed by atoms with Gasteiger partial charge in [-0.2, -0.15) is 0 Å². The molecule has 0 amide bonds. The Bertz CT molecular complexity index is 178. The average Bonchev–Trinajstić information content (AvgIpc) is 2.50. The SMILES string of the molecule is CC(C)(C)NCCNCCN1CCCCCC1. The molecule has 1 saturated heterocycles. The molecule has 1 fully saturated rings. The molecule has 1 rings (SSSR count). The predicted octanol–water partition coefficient (Wildman–Crippen LogP) is 1.84. The van der Waals surface area contributed by atoms with E-state index in [1.165, 1.54) is 45.3 Å². The van der Waals surface area contributed by atoms with Crippen molar-refractivity contribution >= 4 is 0 Å². The maximum atomic E-state index is 3.52. The molecule has 0 saturated carbocycles. The summed E-state index contributed by atoms with van der Waals surface area (Å²) in [4.78, 5) is 2.61. The Kier molecular flexibility index (Phi) is 7.09. The summed E-state index contributed by atoms with van der Waals surface area (Å²) in [6.45, 7) is 13.7. The Hall–Kier alpha value is -0.120. The first-order valence-corrected chi connectivity index (χ1v) is 7.26. The predicted molar refractivity (Wildman–Crippen MR) is 75.5 cm³/mol. The number of nitrogens with one attached hydrogen (secondary N) is 2. The van der Waals surface area contributed by atoms with Crippen LogP contribution in [0.5, 0.6) is 0 Å². The van der Waals surface area contributed by atoms with Crippen LogP contribution in [0.1, 0.15) is 46.5 Å². The Labute approximate surface area is 107 Å². The van der Waals surface area contributed by atoms with Crippen LogP contribution in [0.25, 0.3) is 0 Å². The van der Waals surface area contributed by atoms with Gasteiger partial charge >= 0.3 is 0 Å². The van der Waals surface area contributed by atoms with Crippen molar-refractivity contribution in [3.8, 4) is 0 Å². The van der Waals surface area contributed by atoms with Gasteiger partial charge in [0.15, 0.2) is 0 Å². The van der Waals surface area contributed by atoms with Crippen LogP contribution in [0.4, 0.5) is 0 Å². The maximum Gasteiger partial charge on any atom is 0.0107 e. The molecule has 1 heterocycles. The molecule has 0 aromatic carbocycles. The molecular formula is C14H31N3. The maximum absolute atomic E-state index is 3.52. The van der Waals surface area contributed by atoms with E-state index in [9.17, 15) is 0 Å². The fourth-order valence-electron chi connectivity index (χ4n) is 2.25. The molecule has 102 valence electrons. The highest BCUT2D eigenvalue weighted by Gasteiger charge is 2.08. The van der Waals surface area contributed by atoms with Crippen LogP contribution in [-0.2, 0) is 0 Å².